The largest absolute Gasteiger partial charge is 0.461 e. The minimum absolute atomic E-state index is 0.646. The average Bonchev–Trinajstić information content (AvgIpc) is 3.04. The molecule has 0 spiro atoms. The molecule has 1 aliphatic heterocycles. The molecule has 0 radical (unpaired) electrons. The van der Waals surface area contributed by atoms with Gasteiger partial charge in [0.15, 0.2) is 0 Å². The van der Waals surface area contributed by atoms with Gasteiger partial charge in [-0.05, 0) is 50.1 Å². The van der Waals surface area contributed by atoms with E-state index in [9.17, 15) is 0 Å². The molecule has 0 aliphatic carbocycles. The Labute approximate surface area is 106 Å². The molecule has 0 saturated carbocycles. The first-order valence-electron chi connectivity index (χ1n) is 6.51. The molecule has 1 atom stereocenters. The van der Waals surface area contributed by atoms with E-state index in [1.54, 1.807) is 0 Å². The van der Waals surface area contributed by atoms with Crippen molar-refractivity contribution in [2.75, 3.05) is 6.54 Å². The Balaban J connectivity index is 1.74. The highest BCUT2D eigenvalue weighted by molar-refractivity contribution is 5.79. The van der Waals surface area contributed by atoms with Crippen LogP contribution in [0.1, 0.15) is 30.6 Å². The monoisotopic (exact) mass is 240 g/mol. The van der Waals surface area contributed by atoms with Crippen LogP contribution in [-0.2, 0) is 6.42 Å². The first-order valence-corrected chi connectivity index (χ1v) is 6.51. The van der Waals surface area contributed by atoms with Gasteiger partial charge in [0, 0.05) is 17.8 Å². The fraction of sp³-hybridized carbons (Fsp3) is 0.400. The predicted octanol–water partition coefficient (Wildman–Crippen LogP) is 2.99. The van der Waals surface area contributed by atoms with Crippen LogP contribution >= 0.6 is 0 Å². The molecule has 1 saturated heterocycles. The lowest BCUT2D eigenvalue weighted by Crippen LogP contribution is -2.21. The van der Waals surface area contributed by atoms with Crippen LogP contribution in [0.5, 0.6) is 0 Å². The maximum absolute atomic E-state index is 8.85. The molecule has 1 aliphatic rings. The topological polar surface area (TPSA) is 49.0 Å². The molecule has 2 aromatic rings. The summed E-state index contributed by atoms with van der Waals surface area (Å²) in [4.78, 5) is 0. The molecule has 3 heteroatoms. The normalized spacial score (nSPS) is 19.2. The Morgan fingerprint density at radius 3 is 3.11 bits per heavy atom. The van der Waals surface area contributed by atoms with Crippen LogP contribution in [0.3, 0.4) is 0 Å². The van der Waals surface area contributed by atoms with Crippen LogP contribution in [0.4, 0.5) is 0 Å². The molecule has 0 bridgehead atoms. The van der Waals surface area contributed by atoms with Crippen molar-refractivity contribution in [1.82, 2.24) is 5.32 Å². The summed E-state index contributed by atoms with van der Waals surface area (Å²) in [6, 6.07) is 10.5. The van der Waals surface area contributed by atoms with E-state index in [-0.39, 0.29) is 0 Å². The van der Waals surface area contributed by atoms with Crippen molar-refractivity contribution in [2.24, 2.45) is 0 Å². The molecule has 1 aromatic heterocycles. The fourth-order valence-electron chi connectivity index (χ4n) is 2.60. The number of hydrogen-bond acceptors (Lipinski definition) is 3. The van der Waals surface area contributed by atoms with Crippen molar-refractivity contribution in [1.29, 1.82) is 5.26 Å². The van der Waals surface area contributed by atoms with Crippen molar-refractivity contribution < 1.29 is 4.42 Å². The summed E-state index contributed by atoms with van der Waals surface area (Å²) in [7, 11) is 0. The van der Waals surface area contributed by atoms with E-state index in [1.807, 2.05) is 18.2 Å². The SMILES string of the molecule is N#Cc1ccc2cc(CCC3CCCN3)oc2c1. The highest BCUT2D eigenvalue weighted by Gasteiger charge is 2.14. The number of aryl methyl sites for hydroxylation is 1. The number of fused-ring (bicyclic) bond motifs is 1. The minimum atomic E-state index is 0.646. The summed E-state index contributed by atoms with van der Waals surface area (Å²) in [5.41, 5.74) is 1.48. The van der Waals surface area contributed by atoms with Crippen molar-refractivity contribution in [2.45, 2.75) is 31.7 Å². The predicted molar refractivity (Wildman–Crippen MR) is 70.3 cm³/mol. The van der Waals surface area contributed by atoms with E-state index < -0.39 is 0 Å². The molecule has 3 rings (SSSR count). The Kier molecular flexibility index (Phi) is 3.04. The molecule has 18 heavy (non-hydrogen) atoms. The standard InChI is InChI=1S/C15H16N2O/c16-10-11-3-4-12-9-14(18-15(12)8-11)6-5-13-2-1-7-17-13/h3-4,8-9,13,17H,1-2,5-7H2. The van der Waals surface area contributed by atoms with Gasteiger partial charge in [0.1, 0.15) is 11.3 Å². The Hall–Kier alpha value is -1.79. The molecule has 92 valence electrons. The molecule has 0 amide bonds. The molecule has 1 aromatic carbocycles. The van der Waals surface area contributed by atoms with E-state index in [4.69, 9.17) is 9.68 Å². The van der Waals surface area contributed by atoms with Gasteiger partial charge in [-0.1, -0.05) is 0 Å². The summed E-state index contributed by atoms with van der Waals surface area (Å²) in [6.45, 7) is 1.15. The summed E-state index contributed by atoms with van der Waals surface area (Å²) >= 11 is 0. The van der Waals surface area contributed by atoms with Crippen LogP contribution in [-0.4, -0.2) is 12.6 Å². The number of furan rings is 1. The lowest BCUT2D eigenvalue weighted by atomic mass is 10.1. The van der Waals surface area contributed by atoms with Gasteiger partial charge in [0.2, 0.25) is 0 Å². The van der Waals surface area contributed by atoms with Gasteiger partial charge in [-0.3, -0.25) is 0 Å². The summed E-state index contributed by atoms with van der Waals surface area (Å²) in [5.74, 6) is 1.02. The maximum Gasteiger partial charge on any atom is 0.135 e. The molecule has 2 heterocycles. The Bertz CT molecular complexity index is 588. The third kappa shape index (κ3) is 2.25. The number of benzene rings is 1. The lowest BCUT2D eigenvalue weighted by Gasteiger charge is -2.07. The molecule has 3 nitrogen and oxygen atoms in total. The second kappa shape index (κ2) is 4.83. The molecule has 1 fully saturated rings. The quantitative estimate of drug-likeness (QED) is 0.897. The van der Waals surface area contributed by atoms with Gasteiger partial charge < -0.3 is 9.73 Å². The third-order valence-electron chi connectivity index (χ3n) is 3.60. The lowest BCUT2D eigenvalue weighted by molar-refractivity contribution is 0.494. The Morgan fingerprint density at radius 1 is 1.39 bits per heavy atom. The van der Waals surface area contributed by atoms with E-state index in [1.165, 1.54) is 12.8 Å². The second-order valence-electron chi connectivity index (χ2n) is 4.91. The van der Waals surface area contributed by atoms with Gasteiger partial charge in [-0.2, -0.15) is 5.26 Å². The summed E-state index contributed by atoms with van der Waals surface area (Å²) in [6.07, 6.45) is 4.66. The first-order chi connectivity index (χ1) is 8.85. The van der Waals surface area contributed by atoms with E-state index in [0.29, 0.717) is 11.6 Å². The molecule has 1 unspecified atom stereocenters. The second-order valence-corrected chi connectivity index (χ2v) is 4.91. The van der Waals surface area contributed by atoms with E-state index >= 15 is 0 Å². The smallest absolute Gasteiger partial charge is 0.135 e. The number of rotatable bonds is 3. The van der Waals surface area contributed by atoms with Crippen LogP contribution in [0.15, 0.2) is 28.7 Å². The van der Waals surface area contributed by atoms with Gasteiger partial charge in [-0.25, -0.2) is 0 Å². The zero-order valence-corrected chi connectivity index (χ0v) is 10.3. The minimum Gasteiger partial charge on any atom is -0.461 e. The number of nitrogens with zero attached hydrogens (tertiary/aromatic N) is 1. The number of hydrogen-bond donors (Lipinski definition) is 1. The fourth-order valence-corrected chi connectivity index (χ4v) is 2.60. The highest BCUT2D eigenvalue weighted by Crippen LogP contribution is 2.22. The van der Waals surface area contributed by atoms with Crippen molar-refractivity contribution in [3.05, 3.63) is 35.6 Å². The maximum atomic E-state index is 8.85. The van der Waals surface area contributed by atoms with Crippen LogP contribution in [0.25, 0.3) is 11.0 Å². The third-order valence-corrected chi connectivity index (χ3v) is 3.60. The van der Waals surface area contributed by atoms with Crippen LogP contribution in [0, 0.1) is 11.3 Å². The highest BCUT2D eigenvalue weighted by atomic mass is 16.3. The average molecular weight is 240 g/mol. The van der Waals surface area contributed by atoms with Crippen LogP contribution in [0.2, 0.25) is 0 Å². The summed E-state index contributed by atoms with van der Waals surface area (Å²) in [5, 5.41) is 13.4. The molecule has 1 N–H and O–H groups in total. The Morgan fingerprint density at radius 2 is 2.33 bits per heavy atom. The van der Waals surface area contributed by atoms with Gasteiger partial charge >= 0.3 is 0 Å². The zero-order chi connectivity index (χ0) is 12.4. The van der Waals surface area contributed by atoms with Crippen LogP contribution < -0.4 is 5.32 Å². The number of nitriles is 1. The van der Waals surface area contributed by atoms with Crippen molar-refractivity contribution in [3.63, 3.8) is 0 Å². The van der Waals surface area contributed by atoms with E-state index in [0.717, 1.165) is 36.1 Å². The van der Waals surface area contributed by atoms with E-state index in [2.05, 4.69) is 17.5 Å². The van der Waals surface area contributed by atoms with Crippen molar-refractivity contribution in [3.8, 4) is 6.07 Å². The summed E-state index contributed by atoms with van der Waals surface area (Å²) < 4.78 is 5.79. The van der Waals surface area contributed by atoms with Crippen molar-refractivity contribution >= 4 is 11.0 Å². The molecular weight excluding hydrogens is 224 g/mol. The zero-order valence-electron chi connectivity index (χ0n) is 10.3. The van der Waals surface area contributed by atoms with Gasteiger partial charge in [0.05, 0.1) is 11.6 Å². The van der Waals surface area contributed by atoms with Gasteiger partial charge in [0.25, 0.3) is 0 Å². The first kappa shape index (κ1) is 11.3. The molecular formula is C15H16N2O. The number of nitrogens with one attached hydrogen (secondary N) is 1. The van der Waals surface area contributed by atoms with Gasteiger partial charge in [-0.15, -0.1) is 0 Å².